The van der Waals surface area contributed by atoms with E-state index in [1.807, 2.05) is 77.5 Å². The highest BCUT2D eigenvalue weighted by molar-refractivity contribution is 8.18. The van der Waals surface area contributed by atoms with Gasteiger partial charge in [0.2, 0.25) is 0 Å². The lowest BCUT2D eigenvalue weighted by molar-refractivity contribution is -0.123. The first-order valence-corrected chi connectivity index (χ1v) is 10.7. The van der Waals surface area contributed by atoms with Crippen molar-refractivity contribution in [3.05, 3.63) is 89.0 Å². The van der Waals surface area contributed by atoms with E-state index in [0.29, 0.717) is 11.4 Å². The Labute approximate surface area is 184 Å². The molecule has 1 aliphatic heterocycles. The number of benzene rings is 3. The Balaban J connectivity index is 1.49. The highest BCUT2D eigenvalue weighted by Gasteiger charge is 2.35. The maximum absolute atomic E-state index is 13.1. The highest BCUT2D eigenvalue weighted by Crippen LogP contribution is 2.35. The highest BCUT2D eigenvalue weighted by atomic mass is 32.2. The van der Waals surface area contributed by atoms with Gasteiger partial charge in [0.05, 0.1) is 18.0 Å². The van der Waals surface area contributed by atoms with Crippen molar-refractivity contribution in [1.82, 2.24) is 9.47 Å². The number of aromatic nitrogens is 1. The number of thioether (sulfide) groups is 1. The molecule has 1 saturated heterocycles. The van der Waals surface area contributed by atoms with Gasteiger partial charge >= 0.3 is 0 Å². The summed E-state index contributed by atoms with van der Waals surface area (Å²) in [5, 5.41) is 2.88. The lowest BCUT2D eigenvalue weighted by Crippen LogP contribution is -2.27. The van der Waals surface area contributed by atoms with E-state index in [-0.39, 0.29) is 17.7 Å². The summed E-state index contributed by atoms with van der Waals surface area (Å²) in [6, 6.07) is 21.8. The zero-order chi connectivity index (χ0) is 21.4. The Morgan fingerprint density at radius 1 is 0.935 bits per heavy atom. The van der Waals surface area contributed by atoms with Gasteiger partial charge in [0.1, 0.15) is 0 Å². The van der Waals surface area contributed by atoms with Gasteiger partial charge in [-0.25, -0.2) is 0 Å². The van der Waals surface area contributed by atoms with Crippen LogP contribution in [0.25, 0.3) is 27.8 Å². The Hall–Kier alpha value is -3.75. The molecule has 1 fully saturated rings. The number of rotatable bonds is 4. The normalized spacial score (nSPS) is 15.3. The van der Waals surface area contributed by atoms with Crippen molar-refractivity contribution in [2.75, 3.05) is 0 Å². The van der Waals surface area contributed by atoms with Crippen LogP contribution < -0.4 is 0 Å². The molecule has 150 valence electrons. The van der Waals surface area contributed by atoms with Crippen molar-refractivity contribution >= 4 is 50.7 Å². The second-order valence-corrected chi connectivity index (χ2v) is 8.33. The summed E-state index contributed by atoms with van der Waals surface area (Å²) in [7, 11) is 0. The van der Waals surface area contributed by atoms with Crippen molar-refractivity contribution in [2.24, 2.45) is 0 Å². The minimum Gasteiger partial charge on any atom is -0.335 e. The molecule has 1 aromatic heterocycles. The van der Waals surface area contributed by atoms with E-state index in [1.165, 1.54) is 4.90 Å². The van der Waals surface area contributed by atoms with Gasteiger partial charge in [-0.15, -0.1) is 6.42 Å². The van der Waals surface area contributed by atoms with E-state index >= 15 is 0 Å². The second-order valence-electron chi connectivity index (χ2n) is 7.34. The molecule has 0 bridgehead atoms. The van der Waals surface area contributed by atoms with Gasteiger partial charge in [-0.2, -0.15) is 0 Å². The lowest BCUT2D eigenvalue weighted by atomic mass is 10.0. The van der Waals surface area contributed by atoms with Gasteiger partial charge in [0.15, 0.2) is 0 Å². The Bertz CT molecular complexity index is 1420. The zero-order valence-corrected chi connectivity index (χ0v) is 17.4. The summed E-state index contributed by atoms with van der Waals surface area (Å²) in [5.41, 5.74) is 2.83. The number of nitrogens with zero attached hydrogens (tertiary/aromatic N) is 2. The third-order valence-electron chi connectivity index (χ3n) is 5.45. The standard InChI is InChI=1S/C26H18N2O2S/c1-2-14-27-16-20(22-12-5-6-13-23(22)27)15-24-25(29)28(26(30)31-24)17-19-10-7-9-18-8-3-4-11-21(18)19/h1,3-13,15-16H,14,17H2/b24-15+. The van der Waals surface area contributed by atoms with Gasteiger partial charge < -0.3 is 4.57 Å². The first kappa shape index (κ1) is 19.2. The fraction of sp³-hybridized carbons (Fsp3) is 0.0769. The number of fused-ring (bicyclic) bond motifs is 2. The lowest BCUT2D eigenvalue weighted by Gasteiger charge is -2.14. The molecule has 0 atom stereocenters. The van der Waals surface area contributed by atoms with Gasteiger partial charge in [0.25, 0.3) is 11.1 Å². The average Bonchev–Trinajstić information content (AvgIpc) is 3.26. The van der Waals surface area contributed by atoms with Crippen LogP contribution in [0.5, 0.6) is 0 Å². The third-order valence-corrected chi connectivity index (χ3v) is 6.36. The number of carbonyl (C=O) groups is 2. The molecule has 0 radical (unpaired) electrons. The summed E-state index contributed by atoms with van der Waals surface area (Å²) in [6.45, 7) is 0.694. The van der Waals surface area contributed by atoms with Crippen molar-refractivity contribution < 1.29 is 9.59 Å². The van der Waals surface area contributed by atoms with Crippen LogP contribution >= 0.6 is 11.8 Å². The number of imide groups is 1. The van der Waals surface area contributed by atoms with E-state index in [9.17, 15) is 9.59 Å². The molecule has 3 aromatic carbocycles. The van der Waals surface area contributed by atoms with Crippen LogP contribution in [0.15, 0.2) is 77.8 Å². The first-order chi connectivity index (χ1) is 15.2. The summed E-state index contributed by atoms with van der Waals surface area (Å²) >= 11 is 0.981. The fourth-order valence-electron chi connectivity index (χ4n) is 4.00. The van der Waals surface area contributed by atoms with Crippen LogP contribution in [0.4, 0.5) is 4.79 Å². The number of hydrogen-bond acceptors (Lipinski definition) is 3. The molecule has 0 N–H and O–H groups in total. The molecule has 2 heterocycles. The molecule has 0 spiro atoms. The van der Waals surface area contributed by atoms with Crippen LogP contribution in [0.1, 0.15) is 11.1 Å². The molecule has 5 heteroatoms. The van der Waals surface area contributed by atoms with E-state index < -0.39 is 0 Å². The maximum atomic E-state index is 13.1. The Morgan fingerprint density at radius 3 is 2.52 bits per heavy atom. The van der Waals surface area contributed by atoms with Crippen molar-refractivity contribution in [1.29, 1.82) is 0 Å². The quantitative estimate of drug-likeness (QED) is 0.315. The van der Waals surface area contributed by atoms with Crippen molar-refractivity contribution in [2.45, 2.75) is 13.1 Å². The van der Waals surface area contributed by atoms with Crippen LogP contribution in [-0.2, 0) is 17.9 Å². The molecule has 0 unspecified atom stereocenters. The van der Waals surface area contributed by atoms with E-state index in [4.69, 9.17) is 6.42 Å². The Morgan fingerprint density at radius 2 is 1.68 bits per heavy atom. The molecule has 4 nitrogen and oxygen atoms in total. The van der Waals surface area contributed by atoms with Crippen molar-refractivity contribution in [3.63, 3.8) is 0 Å². The van der Waals surface area contributed by atoms with Crippen LogP contribution in [0, 0.1) is 12.3 Å². The minimum absolute atomic E-state index is 0.252. The maximum Gasteiger partial charge on any atom is 0.293 e. The third kappa shape index (κ3) is 3.41. The van der Waals surface area contributed by atoms with Gasteiger partial charge in [-0.3, -0.25) is 14.5 Å². The average molecular weight is 423 g/mol. The molecule has 0 saturated carbocycles. The number of terminal acetylenes is 1. The summed E-state index contributed by atoms with van der Waals surface area (Å²) in [6.07, 6.45) is 9.23. The molecule has 2 amide bonds. The van der Waals surface area contributed by atoms with Crippen LogP contribution in [0.3, 0.4) is 0 Å². The summed E-state index contributed by atoms with van der Waals surface area (Å²) in [5.74, 6) is 2.39. The fourth-order valence-corrected chi connectivity index (χ4v) is 4.83. The predicted octanol–water partition coefficient (Wildman–Crippen LogP) is 5.66. The van der Waals surface area contributed by atoms with E-state index in [2.05, 4.69) is 5.92 Å². The minimum atomic E-state index is -0.267. The number of carbonyl (C=O) groups excluding carboxylic acids is 2. The SMILES string of the molecule is C#CCn1cc(/C=C2/SC(=O)N(Cc3cccc4ccccc34)C2=O)c2ccccc21. The molecule has 1 aliphatic rings. The largest absolute Gasteiger partial charge is 0.335 e. The second kappa shape index (κ2) is 7.82. The van der Waals surface area contributed by atoms with Gasteiger partial charge in [-0.1, -0.05) is 66.6 Å². The Kier molecular flexibility index (Phi) is 4.85. The monoisotopic (exact) mass is 422 g/mol. The first-order valence-electron chi connectivity index (χ1n) is 9.89. The smallest absolute Gasteiger partial charge is 0.293 e. The van der Waals surface area contributed by atoms with Crippen LogP contribution in [-0.4, -0.2) is 20.6 Å². The molecule has 5 rings (SSSR count). The molecule has 31 heavy (non-hydrogen) atoms. The van der Waals surface area contributed by atoms with Gasteiger partial charge in [0, 0.05) is 22.7 Å². The van der Waals surface area contributed by atoms with E-state index in [1.54, 1.807) is 6.08 Å². The number of para-hydroxylation sites is 1. The summed E-state index contributed by atoms with van der Waals surface area (Å²) < 4.78 is 1.97. The van der Waals surface area contributed by atoms with Crippen molar-refractivity contribution in [3.8, 4) is 12.3 Å². The van der Waals surface area contributed by atoms with E-state index in [0.717, 1.165) is 44.6 Å². The predicted molar refractivity (Wildman–Crippen MR) is 126 cm³/mol. The molecular formula is C26H18N2O2S. The number of amides is 2. The van der Waals surface area contributed by atoms with Crippen LogP contribution in [0.2, 0.25) is 0 Å². The summed E-state index contributed by atoms with van der Waals surface area (Å²) in [4.78, 5) is 27.5. The number of hydrogen-bond donors (Lipinski definition) is 0. The van der Waals surface area contributed by atoms with Gasteiger partial charge in [-0.05, 0) is 40.2 Å². The topological polar surface area (TPSA) is 42.3 Å². The zero-order valence-electron chi connectivity index (χ0n) is 16.6. The molecule has 4 aromatic rings. The molecule has 0 aliphatic carbocycles. The molecular weight excluding hydrogens is 404 g/mol.